The van der Waals surface area contributed by atoms with Crippen LogP contribution in [0, 0.1) is 0 Å². The first kappa shape index (κ1) is 18.4. The lowest BCUT2D eigenvalue weighted by Gasteiger charge is -2.08. The second kappa shape index (κ2) is 6.91. The average Bonchev–Trinajstić information content (AvgIpc) is 3.03. The zero-order chi connectivity index (χ0) is 18.0. The molecule has 5 nitrogen and oxygen atoms in total. The van der Waals surface area contributed by atoms with Crippen molar-refractivity contribution in [3.8, 4) is 0 Å². The number of carbonyl (C=O) groups is 1. The molecule has 2 aromatic rings. The van der Waals surface area contributed by atoms with E-state index in [0.29, 0.717) is 5.56 Å². The van der Waals surface area contributed by atoms with Crippen LogP contribution in [0.2, 0.25) is 0 Å². The SMILES string of the molecule is CNS(=O)(=O)c1ccc(C(=O)NCc2ccc(C(F)(F)F)cc2)s1. The number of amides is 1. The smallest absolute Gasteiger partial charge is 0.347 e. The van der Waals surface area contributed by atoms with Crippen LogP contribution in [0.4, 0.5) is 13.2 Å². The van der Waals surface area contributed by atoms with Crippen molar-refractivity contribution >= 4 is 27.3 Å². The Morgan fingerprint density at radius 3 is 2.29 bits per heavy atom. The van der Waals surface area contributed by atoms with Gasteiger partial charge in [0.05, 0.1) is 10.4 Å². The molecule has 2 rings (SSSR count). The van der Waals surface area contributed by atoms with Gasteiger partial charge in [-0.2, -0.15) is 13.2 Å². The third-order valence-corrected chi connectivity index (χ3v) is 6.06. The molecule has 0 radical (unpaired) electrons. The summed E-state index contributed by atoms with van der Waals surface area (Å²) in [6.07, 6.45) is -4.41. The zero-order valence-electron chi connectivity index (χ0n) is 12.3. The first-order chi connectivity index (χ1) is 11.1. The van der Waals surface area contributed by atoms with Gasteiger partial charge in [0.2, 0.25) is 10.0 Å². The second-order valence-electron chi connectivity index (χ2n) is 4.70. The molecule has 0 saturated carbocycles. The van der Waals surface area contributed by atoms with Crippen molar-refractivity contribution in [2.24, 2.45) is 0 Å². The van der Waals surface area contributed by atoms with Crippen molar-refractivity contribution in [1.82, 2.24) is 10.0 Å². The van der Waals surface area contributed by atoms with Gasteiger partial charge >= 0.3 is 6.18 Å². The van der Waals surface area contributed by atoms with Gasteiger partial charge in [-0.1, -0.05) is 12.1 Å². The highest BCUT2D eigenvalue weighted by Crippen LogP contribution is 2.29. The number of carbonyl (C=O) groups excluding carboxylic acids is 1. The first-order valence-corrected chi connectivity index (χ1v) is 8.91. The molecule has 130 valence electrons. The van der Waals surface area contributed by atoms with Crippen molar-refractivity contribution in [2.75, 3.05) is 7.05 Å². The number of thiophene rings is 1. The third-order valence-electron chi connectivity index (χ3n) is 3.07. The van der Waals surface area contributed by atoms with Crippen molar-refractivity contribution in [1.29, 1.82) is 0 Å². The fourth-order valence-corrected chi connectivity index (χ4v) is 3.83. The summed E-state index contributed by atoms with van der Waals surface area (Å²) in [6.45, 7) is 0.0307. The summed E-state index contributed by atoms with van der Waals surface area (Å²) < 4.78 is 62.7. The summed E-state index contributed by atoms with van der Waals surface area (Å²) in [7, 11) is -2.35. The lowest BCUT2D eigenvalue weighted by atomic mass is 10.1. The molecule has 0 aliphatic carbocycles. The molecule has 0 fully saturated rings. The number of nitrogens with one attached hydrogen (secondary N) is 2. The maximum Gasteiger partial charge on any atom is 0.416 e. The van der Waals surface area contributed by atoms with Crippen molar-refractivity contribution < 1.29 is 26.4 Å². The number of sulfonamides is 1. The summed E-state index contributed by atoms with van der Waals surface area (Å²) in [4.78, 5) is 12.2. The summed E-state index contributed by atoms with van der Waals surface area (Å²) in [5, 5.41) is 2.53. The first-order valence-electron chi connectivity index (χ1n) is 6.61. The molecule has 1 amide bonds. The monoisotopic (exact) mass is 378 g/mol. The van der Waals surface area contributed by atoms with E-state index in [4.69, 9.17) is 0 Å². The van der Waals surface area contributed by atoms with Crippen LogP contribution >= 0.6 is 11.3 Å². The third kappa shape index (κ3) is 4.34. The Hall–Kier alpha value is -1.91. The molecular formula is C14H13F3N2O3S2. The number of hydrogen-bond donors (Lipinski definition) is 2. The molecule has 0 aliphatic rings. The molecule has 0 atom stereocenters. The van der Waals surface area contributed by atoms with Gasteiger partial charge in [-0.05, 0) is 36.9 Å². The number of alkyl halides is 3. The maximum atomic E-state index is 12.5. The summed E-state index contributed by atoms with van der Waals surface area (Å²) in [5.41, 5.74) is -0.270. The van der Waals surface area contributed by atoms with Crippen molar-refractivity contribution in [3.63, 3.8) is 0 Å². The Morgan fingerprint density at radius 1 is 1.12 bits per heavy atom. The van der Waals surface area contributed by atoms with Crippen LogP contribution in [0.1, 0.15) is 20.8 Å². The number of halogens is 3. The van der Waals surface area contributed by atoms with E-state index in [-0.39, 0.29) is 15.6 Å². The van der Waals surface area contributed by atoms with E-state index in [1.165, 1.54) is 31.3 Å². The quantitative estimate of drug-likeness (QED) is 0.840. The molecule has 0 unspecified atom stereocenters. The molecule has 24 heavy (non-hydrogen) atoms. The molecule has 1 aromatic heterocycles. The Morgan fingerprint density at radius 2 is 1.75 bits per heavy atom. The van der Waals surface area contributed by atoms with Crippen LogP contribution in [0.15, 0.2) is 40.6 Å². The van der Waals surface area contributed by atoms with Crippen LogP contribution < -0.4 is 10.0 Å². The molecular weight excluding hydrogens is 365 g/mol. The minimum atomic E-state index is -4.41. The summed E-state index contributed by atoms with van der Waals surface area (Å²) >= 11 is 0.802. The van der Waals surface area contributed by atoms with E-state index in [2.05, 4.69) is 10.0 Å². The lowest BCUT2D eigenvalue weighted by molar-refractivity contribution is -0.137. The predicted octanol–water partition coefficient (Wildman–Crippen LogP) is 2.61. The van der Waals surface area contributed by atoms with Crippen LogP contribution in [0.3, 0.4) is 0 Å². The molecule has 0 spiro atoms. The fraction of sp³-hybridized carbons (Fsp3) is 0.214. The van der Waals surface area contributed by atoms with Crippen LogP contribution in [-0.2, 0) is 22.7 Å². The molecule has 1 aromatic carbocycles. The van der Waals surface area contributed by atoms with Gasteiger partial charge in [-0.3, -0.25) is 4.79 Å². The molecule has 0 bridgehead atoms. The summed E-state index contributed by atoms with van der Waals surface area (Å²) in [5.74, 6) is -0.502. The van der Waals surface area contributed by atoms with Gasteiger partial charge in [0.25, 0.3) is 5.91 Å². The van der Waals surface area contributed by atoms with Gasteiger partial charge in [0, 0.05) is 6.54 Å². The number of hydrogen-bond acceptors (Lipinski definition) is 4. The Labute approximate surface area is 140 Å². The topological polar surface area (TPSA) is 75.3 Å². The minimum absolute atomic E-state index is 0.00433. The van der Waals surface area contributed by atoms with E-state index in [0.717, 1.165) is 23.5 Å². The van der Waals surface area contributed by atoms with Crippen molar-refractivity contribution in [3.05, 3.63) is 52.4 Å². The molecule has 10 heteroatoms. The Balaban J connectivity index is 2.01. The van der Waals surface area contributed by atoms with Crippen molar-refractivity contribution in [2.45, 2.75) is 16.9 Å². The fourth-order valence-electron chi connectivity index (χ4n) is 1.77. The Kier molecular flexibility index (Phi) is 5.31. The van der Waals surface area contributed by atoms with Gasteiger partial charge in [0.15, 0.2) is 0 Å². The number of benzene rings is 1. The van der Waals surface area contributed by atoms with Gasteiger partial charge < -0.3 is 5.32 Å². The highest BCUT2D eigenvalue weighted by atomic mass is 32.2. The molecule has 0 aliphatic heterocycles. The van der Waals surface area contributed by atoms with E-state index in [9.17, 15) is 26.4 Å². The standard InChI is InChI=1S/C14H13F3N2O3S2/c1-18-24(21,22)12-7-6-11(23-12)13(20)19-8-9-2-4-10(5-3-9)14(15,16)17/h2-7,18H,8H2,1H3,(H,19,20). The van der Waals surface area contributed by atoms with Gasteiger partial charge in [-0.15, -0.1) is 11.3 Å². The molecule has 1 heterocycles. The lowest BCUT2D eigenvalue weighted by Crippen LogP contribution is -2.22. The maximum absolute atomic E-state index is 12.5. The second-order valence-corrected chi connectivity index (χ2v) is 7.90. The van der Waals surface area contributed by atoms with E-state index in [1.54, 1.807) is 0 Å². The van der Waals surface area contributed by atoms with Gasteiger partial charge in [0.1, 0.15) is 4.21 Å². The van der Waals surface area contributed by atoms with E-state index < -0.39 is 27.7 Å². The largest absolute Gasteiger partial charge is 0.416 e. The highest BCUT2D eigenvalue weighted by molar-refractivity contribution is 7.91. The van der Waals surface area contributed by atoms with Crippen LogP contribution in [-0.4, -0.2) is 21.4 Å². The number of rotatable bonds is 5. The normalized spacial score (nSPS) is 12.2. The van der Waals surface area contributed by atoms with Gasteiger partial charge in [-0.25, -0.2) is 13.1 Å². The van der Waals surface area contributed by atoms with Crippen LogP contribution in [0.25, 0.3) is 0 Å². The summed E-state index contributed by atoms with van der Waals surface area (Å²) in [6, 6.07) is 7.10. The average molecular weight is 378 g/mol. The molecule has 0 saturated heterocycles. The highest BCUT2D eigenvalue weighted by Gasteiger charge is 2.29. The molecule has 2 N–H and O–H groups in total. The Bertz CT molecular complexity index is 828. The zero-order valence-corrected chi connectivity index (χ0v) is 14.0. The van der Waals surface area contributed by atoms with Crippen LogP contribution in [0.5, 0.6) is 0 Å². The minimum Gasteiger partial charge on any atom is -0.347 e. The van der Waals surface area contributed by atoms with E-state index >= 15 is 0 Å². The predicted molar refractivity (Wildman–Crippen MR) is 83.2 cm³/mol. The van der Waals surface area contributed by atoms with E-state index in [1.807, 2.05) is 0 Å².